The highest BCUT2D eigenvalue weighted by Crippen LogP contribution is 2.19. The fourth-order valence-electron chi connectivity index (χ4n) is 2.21. The monoisotopic (exact) mass is 312 g/mol. The third-order valence-electron chi connectivity index (χ3n) is 3.22. The van der Waals surface area contributed by atoms with E-state index in [1.54, 1.807) is 12.3 Å². The van der Waals surface area contributed by atoms with Gasteiger partial charge in [-0.1, -0.05) is 17.7 Å². The van der Waals surface area contributed by atoms with E-state index in [1.807, 2.05) is 24.3 Å². The number of hydrogen-bond acceptors (Lipinski definition) is 4. The Morgan fingerprint density at radius 1 is 1.36 bits per heavy atom. The van der Waals surface area contributed by atoms with Gasteiger partial charge in [-0.15, -0.1) is 0 Å². The zero-order valence-corrected chi connectivity index (χ0v) is 11.9. The minimum absolute atomic E-state index is 0.0248. The first kappa shape index (κ1) is 14.0. The molecule has 0 radical (unpaired) electrons. The van der Waals surface area contributed by atoms with Crippen molar-refractivity contribution in [2.45, 2.75) is 6.54 Å². The summed E-state index contributed by atoms with van der Waals surface area (Å²) >= 11 is 5.93. The molecule has 0 bridgehead atoms. The van der Waals surface area contributed by atoms with Crippen molar-refractivity contribution >= 4 is 28.5 Å². The van der Waals surface area contributed by atoms with E-state index in [-0.39, 0.29) is 11.3 Å². The molecule has 0 amide bonds. The standard InChI is InChI=1S/C15H9ClN4O2/c16-11-4-10-3-9(1-2-13(10)18-6-11)8-20-14(5-17)12(7-19-20)15(21)22/h1-4,6-7H,8H2,(H,21,22). The van der Waals surface area contributed by atoms with Crippen LogP contribution in [0.25, 0.3) is 10.9 Å². The molecule has 3 rings (SSSR count). The largest absolute Gasteiger partial charge is 0.478 e. The number of aromatic carboxylic acids is 1. The van der Waals surface area contributed by atoms with Crippen LogP contribution in [-0.2, 0) is 6.54 Å². The maximum absolute atomic E-state index is 11.0. The molecule has 2 heterocycles. The van der Waals surface area contributed by atoms with Crippen LogP contribution in [0.5, 0.6) is 0 Å². The maximum atomic E-state index is 11.0. The van der Waals surface area contributed by atoms with Gasteiger partial charge in [-0.05, 0) is 23.8 Å². The number of carbonyl (C=O) groups is 1. The molecule has 0 aliphatic carbocycles. The van der Waals surface area contributed by atoms with E-state index in [0.29, 0.717) is 11.6 Å². The number of pyridine rings is 1. The highest BCUT2D eigenvalue weighted by atomic mass is 35.5. The Morgan fingerprint density at radius 2 is 2.18 bits per heavy atom. The highest BCUT2D eigenvalue weighted by Gasteiger charge is 2.16. The van der Waals surface area contributed by atoms with E-state index in [1.165, 1.54) is 10.9 Å². The van der Waals surface area contributed by atoms with Gasteiger partial charge in [-0.25, -0.2) is 9.48 Å². The number of aromatic nitrogens is 3. The number of benzene rings is 1. The van der Waals surface area contributed by atoms with E-state index < -0.39 is 5.97 Å². The molecule has 0 saturated heterocycles. The normalized spacial score (nSPS) is 10.5. The molecule has 2 aromatic heterocycles. The molecule has 108 valence electrons. The van der Waals surface area contributed by atoms with Gasteiger partial charge in [0.15, 0.2) is 5.69 Å². The molecule has 7 heteroatoms. The van der Waals surface area contributed by atoms with Gasteiger partial charge in [-0.2, -0.15) is 10.4 Å². The van der Waals surface area contributed by atoms with Gasteiger partial charge in [0, 0.05) is 11.6 Å². The fraction of sp³-hybridized carbons (Fsp3) is 0.0667. The first-order valence-electron chi connectivity index (χ1n) is 6.32. The topological polar surface area (TPSA) is 91.8 Å². The van der Waals surface area contributed by atoms with Crippen molar-refractivity contribution < 1.29 is 9.90 Å². The van der Waals surface area contributed by atoms with Crippen LogP contribution in [-0.4, -0.2) is 25.8 Å². The van der Waals surface area contributed by atoms with Crippen molar-refractivity contribution in [3.8, 4) is 6.07 Å². The second-order valence-electron chi connectivity index (χ2n) is 4.66. The fourth-order valence-corrected chi connectivity index (χ4v) is 2.37. The first-order chi connectivity index (χ1) is 10.6. The zero-order chi connectivity index (χ0) is 15.7. The molecular formula is C15H9ClN4O2. The average molecular weight is 313 g/mol. The van der Waals surface area contributed by atoms with E-state index >= 15 is 0 Å². The van der Waals surface area contributed by atoms with Crippen LogP contribution in [0.1, 0.15) is 21.6 Å². The molecule has 6 nitrogen and oxygen atoms in total. The van der Waals surface area contributed by atoms with Gasteiger partial charge >= 0.3 is 5.97 Å². The first-order valence-corrected chi connectivity index (χ1v) is 6.69. The molecule has 22 heavy (non-hydrogen) atoms. The lowest BCUT2D eigenvalue weighted by Gasteiger charge is -2.05. The molecule has 1 aromatic carbocycles. The number of fused-ring (bicyclic) bond motifs is 1. The Hall–Kier alpha value is -2.91. The van der Waals surface area contributed by atoms with Crippen molar-refractivity contribution in [3.63, 3.8) is 0 Å². The number of halogens is 1. The Bertz CT molecular complexity index is 927. The quantitative estimate of drug-likeness (QED) is 0.802. The van der Waals surface area contributed by atoms with E-state index in [0.717, 1.165) is 16.5 Å². The summed E-state index contributed by atoms with van der Waals surface area (Å²) in [6.45, 7) is 0.290. The Kier molecular flexibility index (Phi) is 3.49. The summed E-state index contributed by atoms with van der Waals surface area (Å²) in [5.41, 5.74) is 1.60. The third kappa shape index (κ3) is 2.50. The molecule has 0 saturated carbocycles. The number of nitriles is 1. The van der Waals surface area contributed by atoms with Crippen LogP contribution < -0.4 is 0 Å². The molecule has 0 spiro atoms. The number of carboxylic acid groups (broad SMARTS) is 1. The molecule has 0 aliphatic rings. The second-order valence-corrected chi connectivity index (χ2v) is 5.10. The second kappa shape index (κ2) is 5.47. The van der Waals surface area contributed by atoms with E-state index in [9.17, 15) is 4.79 Å². The number of hydrogen-bond donors (Lipinski definition) is 1. The van der Waals surface area contributed by atoms with Crippen LogP contribution in [0.2, 0.25) is 5.02 Å². The van der Waals surface area contributed by atoms with Gasteiger partial charge in [0.1, 0.15) is 11.6 Å². The van der Waals surface area contributed by atoms with Crippen molar-refractivity contribution in [2.24, 2.45) is 0 Å². The minimum Gasteiger partial charge on any atom is -0.478 e. The predicted molar refractivity (Wildman–Crippen MR) is 79.8 cm³/mol. The van der Waals surface area contributed by atoms with Crippen LogP contribution in [0.3, 0.4) is 0 Å². The number of nitrogens with zero attached hydrogens (tertiary/aromatic N) is 4. The SMILES string of the molecule is N#Cc1c(C(=O)O)cnn1Cc1ccc2ncc(Cl)cc2c1. The molecule has 0 fully saturated rings. The van der Waals surface area contributed by atoms with Crippen molar-refractivity contribution in [1.29, 1.82) is 5.26 Å². The summed E-state index contributed by atoms with van der Waals surface area (Å²) in [5, 5.41) is 23.5. The zero-order valence-electron chi connectivity index (χ0n) is 11.2. The summed E-state index contributed by atoms with van der Waals surface area (Å²) in [5.74, 6) is -1.17. The summed E-state index contributed by atoms with van der Waals surface area (Å²) in [4.78, 5) is 15.2. The van der Waals surface area contributed by atoms with Gasteiger partial charge < -0.3 is 5.11 Å². The Labute approximate surface area is 130 Å². The minimum atomic E-state index is -1.17. The Balaban J connectivity index is 2.00. The lowest BCUT2D eigenvalue weighted by molar-refractivity contribution is 0.0696. The van der Waals surface area contributed by atoms with Crippen LogP contribution >= 0.6 is 11.6 Å². The molecule has 1 N–H and O–H groups in total. The van der Waals surface area contributed by atoms with Gasteiger partial charge in [0.2, 0.25) is 0 Å². The van der Waals surface area contributed by atoms with E-state index in [4.69, 9.17) is 22.0 Å². The predicted octanol–water partition coefficient (Wildman–Crippen LogP) is 2.70. The van der Waals surface area contributed by atoms with Crippen molar-refractivity contribution in [3.05, 3.63) is 58.5 Å². The lowest BCUT2D eigenvalue weighted by Crippen LogP contribution is -2.06. The van der Waals surface area contributed by atoms with Crippen LogP contribution in [0.4, 0.5) is 0 Å². The lowest BCUT2D eigenvalue weighted by atomic mass is 10.1. The van der Waals surface area contributed by atoms with Crippen molar-refractivity contribution in [2.75, 3.05) is 0 Å². The van der Waals surface area contributed by atoms with Crippen LogP contribution in [0.15, 0.2) is 36.7 Å². The molecule has 0 unspecified atom stereocenters. The van der Waals surface area contributed by atoms with Gasteiger partial charge in [0.25, 0.3) is 0 Å². The maximum Gasteiger partial charge on any atom is 0.340 e. The van der Waals surface area contributed by atoms with Gasteiger partial charge in [0.05, 0.1) is 23.3 Å². The van der Waals surface area contributed by atoms with Crippen LogP contribution in [0, 0.1) is 11.3 Å². The summed E-state index contributed by atoms with van der Waals surface area (Å²) in [6, 6.07) is 9.26. The molecule has 0 atom stereocenters. The summed E-state index contributed by atoms with van der Waals surface area (Å²) in [7, 11) is 0. The average Bonchev–Trinajstić information content (AvgIpc) is 2.89. The molecular weight excluding hydrogens is 304 g/mol. The number of rotatable bonds is 3. The summed E-state index contributed by atoms with van der Waals surface area (Å²) < 4.78 is 1.36. The van der Waals surface area contributed by atoms with Gasteiger partial charge in [-0.3, -0.25) is 4.98 Å². The number of carboxylic acids is 1. The molecule has 3 aromatic rings. The van der Waals surface area contributed by atoms with Crippen molar-refractivity contribution in [1.82, 2.24) is 14.8 Å². The third-order valence-corrected chi connectivity index (χ3v) is 3.43. The van der Waals surface area contributed by atoms with E-state index in [2.05, 4.69) is 10.1 Å². The smallest absolute Gasteiger partial charge is 0.340 e. The summed E-state index contributed by atoms with van der Waals surface area (Å²) in [6.07, 6.45) is 2.75. The highest BCUT2D eigenvalue weighted by molar-refractivity contribution is 6.31. The Morgan fingerprint density at radius 3 is 2.91 bits per heavy atom. The molecule has 0 aliphatic heterocycles.